The number of ether oxygens (including phenoxy) is 1. The number of phenols is 1. The standard InChI is InChI=1S/C30H43NO4/c1-14-13-28(14,10)18(5)31-17(4)27(8,9)30-21-20-15(2)16(3)22(33)23(21)35-24(30)19(32)11-12-29(30,34)25(31)26(20,6)7/h14,17-18,24-25,33-34H,11-13H2,1-10H3/p+1/t14?,17?,18?,24-,25+,28?,29+,30-/m0/s1/i11D2,12D2,17D,24D,25D,34D/hD. The van der Waals surface area contributed by atoms with Gasteiger partial charge in [0.2, 0.25) is 0 Å². The molecule has 0 amide bonds. The zero-order chi connectivity index (χ0) is 33.8. The van der Waals surface area contributed by atoms with Gasteiger partial charge in [0.15, 0.2) is 29.0 Å². The molecule has 6 rings (SSSR count). The van der Waals surface area contributed by atoms with Crippen LogP contribution in [0.25, 0.3) is 0 Å². The summed E-state index contributed by atoms with van der Waals surface area (Å²) < 4.78 is 92.8. The van der Waals surface area contributed by atoms with E-state index in [2.05, 4.69) is 6.92 Å². The van der Waals surface area contributed by atoms with Gasteiger partial charge in [0.25, 0.3) is 0 Å². The van der Waals surface area contributed by atoms with Gasteiger partial charge in [0, 0.05) is 48.1 Å². The average molecular weight is 492 g/mol. The summed E-state index contributed by atoms with van der Waals surface area (Å²) in [6.45, 7) is 17.3. The molecule has 3 fully saturated rings. The van der Waals surface area contributed by atoms with Crippen LogP contribution in [-0.4, -0.2) is 53.5 Å². The molecule has 1 spiro atoms. The molecule has 5 heteroatoms. The summed E-state index contributed by atoms with van der Waals surface area (Å²) in [6.07, 6.45) is -9.36. The van der Waals surface area contributed by atoms with Gasteiger partial charge in [0.1, 0.15) is 5.41 Å². The fourth-order valence-corrected chi connectivity index (χ4v) is 8.34. The van der Waals surface area contributed by atoms with E-state index in [0.717, 1.165) is 6.42 Å². The van der Waals surface area contributed by atoms with Gasteiger partial charge >= 0.3 is 2.86 Å². The van der Waals surface area contributed by atoms with Crippen molar-refractivity contribution in [1.82, 2.24) is 4.90 Å². The van der Waals surface area contributed by atoms with Gasteiger partial charge in [0.05, 0.1) is 8.76 Å². The van der Waals surface area contributed by atoms with E-state index in [0.29, 0.717) is 16.7 Å². The molecule has 2 saturated carbocycles. The molecule has 1 aromatic rings. The van der Waals surface area contributed by atoms with E-state index < -0.39 is 75.7 Å². The maximum atomic E-state index is 14.5. The van der Waals surface area contributed by atoms with Crippen molar-refractivity contribution in [3.63, 3.8) is 0 Å². The number of benzene rings is 1. The summed E-state index contributed by atoms with van der Waals surface area (Å²) in [5, 5.41) is 12.7. The van der Waals surface area contributed by atoms with Crippen LogP contribution in [0.3, 0.4) is 0 Å². The third-order valence-corrected chi connectivity index (χ3v) is 11.0. The molecule has 8 atom stereocenters. The number of phenolic OH excluding ortho intramolecular Hbond substituents is 1. The third kappa shape index (κ3) is 2.17. The Balaban J connectivity index is 2.01. The Kier molecular flexibility index (Phi) is 2.80. The Labute approximate surface area is 223 Å². The van der Waals surface area contributed by atoms with E-state index in [1.54, 1.807) is 53.4 Å². The van der Waals surface area contributed by atoms with Gasteiger partial charge in [-0.15, -0.1) is 0 Å². The summed E-state index contributed by atoms with van der Waals surface area (Å²) in [5.41, 5.74) is -8.16. The van der Waals surface area contributed by atoms with Crippen LogP contribution in [0.15, 0.2) is 0 Å². The Morgan fingerprint density at radius 1 is 1.20 bits per heavy atom. The van der Waals surface area contributed by atoms with Gasteiger partial charge in [-0.3, -0.25) is 9.69 Å². The van der Waals surface area contributed by atoms with Gasteiger partial charge in [-0.25, -0.2) is 0 Å². The SMILES string of the molecule is [2H][O+]([2H])[C@@]12C([2H])([2H])C([2H])([2H])C(=O)[C@]3([2H])Oc4c(O)c(C)c(C)c5c4[C@]13C(C)(C)C([2H])(C)N(C(C)C1(C)CC1C)[C@]2([2H])C5(C)C. The molecule has 0 radical (unpaired) electrons. The number of Topliss-reactive ketones (excluding diaryl/α,β-unsaturated/α-hetero) is 1. The van der Waals surface area contributed by atoms with E-state index in [1.807, 2.05) is 13.8 Å². The van der Waals surface area contributed by atoms with Crippen molar-refractivity contribution in [2.24, 2.45) is 16.7 Å². The van der Waals surface area contributed by atoms with Crippen molar-refractivity contribution in [3.05, 3.63) is 22.3 Å². The highest BCUT2D eigenvalue weighted by Gasteiger charge is 2.86. The molecule has 3 aliphatic carbocycles. The first kappa shape index (κ1) is 15.6. The predicted octanol–water partition coefficient (Wildman–Crippen LogP) is 4.66. The number of rotatable bonds is 3. The van der Waals surface area contributed by atoms with Crippen LogP contribution in [-0.2, 0) is 15.6 Å². The van der Waals surface area contributed by atoms with Crippen LogP contribution in [0.1, 0.15) is 106 Å². The highest BCUT2D eigenvalue weighted by atomic mass is 16.5. The lowest BCUT2D eigenvalue weighted by Crippen LogP contribution is -2.87. The molecule has 0 aromatic heterocycles. The number of ketones is 1. The average Bonchev–Trinajstić information content (AvgIpc) is 3.40. The van der Waals surface area contributed by atoms with Crippen LogP contribution in [0.5, 0.6) is 11.5 Å². The molecule has 3 N–H and O–H groups in total. The number of carbonyl (C=O) groups is 1. The van der Waals surface area contributed by atoms with E-state index in [9.17, 15) is 16.8 Å². The first-order valence-corrected chi connectivity index (χ1v) is 12.7. The second kappa shape index (κ2) is 6.27. The van der Waals surface area contributed by atoms with Gasteiger partial charge in [-0.05, 0) is 62.1 Å². The molecule has 35 heavy (non-hydrogen) atoms. The highest BCUT2D eigenvalue weighted by Crippen LogP contribution is 2.75. The minimum absolute atomic E-state index is 0.00696. The third-order valence-electron chi connectivity index (χ3n) is 11.0. The molecule has 1 saturated heterocycles. The van der Waals surface area contributed by atoms with Gasteiger partial charge < -0.3 is 15.0 Å². The lowest BCUT2D eigenvalue weighted by Gasteiger charge is -2.72. The zero-order valence-electron chi connectivity index (χ0n) is 31.5. The molecule has 4 unspecified atom stereocenters. The lowest BCUT2D eigenvalue weighted by atomic mass is 9.36. The quantitative estimate of drug-likeness (QED) is 0.624. The number of hydrogen-bond acceptors (Lipinski definition) is 4. The van der Waals surface area contributed by atoms with Crippen LogP contribution >= 0.6 is 0 Å². The number of likely N-dealkylation sites (tertiary alicyclic amines) is 1. The number of hydrogen-bond donors (Lipinski definition) is 1. The molecular formula is C30H44NO4+. The van der Waals surface area contributed by atoms with Crippen molar-refractivity contribution in [2.45, 2.75) is 129 Å². The van der Waals surface area contributed by atoms with Crippen LogP contribution in [0.4, 0.5) is 0 Å². The molecule has 2 heterocycles. The Morgan fingerprint density at radius 2 is 1.83 bits per heavy atom. The molecule has 2 aliphatic heterocycles. The summed E-state index contributed by atoms with van der Waals surface area (Å²) in [5.74, 6) is -2.15. The second-order valence-corrected chi connectivity index (χ2v) is 13.0. The van der Waals surface area contributed by atoms with Crippen LogP contribution < -0.4 is 4.74 Å². The first-order chi connectivity index (χ1) is 19.6. The number of nitrogens with zero attached hydrogens (tertiary/aromatic N) is 1. The summed E-state index contributed by atoms with van der Waals surface area (Å²) in [4.78, 5) is 16.0. The highest BCUT2D eigenvalue weighted by molar-refractivity contribution is 5.91. The number of carbonyl (C=O) groups excluding carboxylic acids is 1. The van der Waals surface area contributed by atoms with Gasteiger partial charge in [-0.1, -0.05) is 41.5 Å². The molecule has 5 aliphatic rings. The maximum Gasteiger partial charge on any atom is 0.487 e. The monoisotopic (exact) mass is 491 g/mol. The summed E-state index contributed by atoms with van der Waals surface area (Å²) in [7, 11) is 0. The van der Waals surface area contributed by atoms with E-state index in [1.165, 1.54) is 5.11 Å². The predicted molar refractivity (Wildman–Crippen MR) is 138 cm³/mol. The first-order valence-electron chi connectivity index (χ1n) is 17.1. The van der Waals surface area contributed by atoms with Crippen molar-refractivity contribution in [2.75, 3.05) is 0 Å². The van der Waals surface area contributed by atoms with Crippen molar-refractivity contribution in [1.29, 1.82) is 2.86 Å². The molecular weight excluding hydrogens is 438 g/mol. The summed E-state index contributed by atoms with van der Waals surface area (Å²) >= 11 is 0. The molecule has 192 valence electrons. The molecule has 1 aromatic carbocycles. The fraction of sp³-hybridized carbons (Fsp3) is 0.767. The van der Waals surface area contributed by atoms with E-state index >= 15 is 0 Å². The van der Waals surface area contributed by atoms with Crippen molar-refractivity contribution >= 4 is 5.78 Å². The van der Waals surface area contributed by atoms with Gasteiger partial charge in [-0.2, -0.15) is 0 Å². The lowest BCUT2D eigenvalue weighted by molar-refractivity contribution is -0.267. The largest absolute Gasteiger partial charge is 0.504 e. The van der Waals surface area contributed by atoms with Crippen molar-refractivity contribution < 1.29 is 29.3 Å². The Bertz CT molecular complexity index is 1560. The smallest absolute Gasteiger partial charge is 0.487 e. The van der Waals surface area contributed by atoms with E-state index in [-0.39, 0.29) is 17.2 Å². The number of piperidine rings is 1. The number of aromatic hydroxyl groups is 1. The Hall–Kier alpha value is -1.59. The molecule has 5 nitrogen and oxygen atoms in total. The van der Waals surface area contributed by atoms with Crippen LogP contribution in [0.2, 0.25) is 0 Å². The second-order valence-electron chi connectivity index (χ2n) is 13.0. The molecule has 2 bridgehead atoms. The maximum absolute atomic E-state index is 14.5. The van der Waals surface area contributed by atoms with E-state index in [4.69, 9.17) is 10.3 Å². The fourth-order valence-electron chi connectivity index (χ4n) is 8.34. The van der Waals surface area contributed by atoms with Crippen molar-refractivity contribution in [3.8, 4) is 11.5 Å². The normalized spacial score (nSPS) is 58.1. The topological polar surface area (TPSA) is 72.7 Å². The van der Waals surface area contributed by atoms with Crippen LogP contribution in [0, 0.1) is 30.6 Å². The minimum Gasteiger partial charge on any atom is -0.504 e. The zero-order valence-corrected chi connectivity index (χ0v) is 22.5. The Morgan fingerprint density at radius 3 is 2.40 bits per heavy atom. The minimum atomic E-state index is -3.54. The summed E-state index contributed by atoms with van der Waals surface area (Å²) in [6, 6.07) is -5.08.